The molecule has 196 valence electrons. The van der Waals surface area contributed by atoms with E-state index in [-0.39, 0.29) is 17.0 Å². The molecule has 0 spiro atoms. The van der Waals surface area contributed by atoms with Crippen molar-refractivity contribution in [3.05, 3.63) is 62.7 Å². The molecule has 4 aromatic rings. The number of nitrogens with zero attached hydrogens (tertiary/aromatic N) is 4. The summed E-state index contributed by atoms with van der Waals surface area (Å²) < 4.78 is 19.1. The van der Waals surface area contributed by atoms with Gasteiger partial charge >= 0.3 is 0 Å². The highest BCUT2D eigenvalue weighted by Gasteiger charge is 2.29. The maximum atomic E-state index is 13.3. The largest absolute Gasteiger partial charge is 0.492 e. The lowest BCUT2D eigenvalue weighted by Gasteiger charge is -2.34. The Balaban J connectivity index is 1.31. The van der Waals surface area contributed by atoms with E-state index in [9.17, 15) is 10.1 Å². The highest BCUT2D eigenvalue weighted by Crippen LogP contribution is 2.39. The average molecular weight is 533 g/mol. The Kier molecular flexibility index (Phi) is 6.50. The van der Waals surface area contributed by atoms with Crippen LogP contribution in [-0.4, -0.2) is 42.5 Å². The second-order valence-corrected chi connectivity index (χ2v) is 10.7. The molecule has 4 heterocycles. The second kappa shape index (κ2) is 9.97. The molecule has 2 aromatic carbocycles. The summed E-state index contributed by atoms with van der Waals surface area (Å²) in [6.45, 7) is 5.30. The standard InChI is InChI=1S/C29H29ClN4O4/c1-17-3-4-25-23(11-17)32-28(38-25)19-5-8-34(9-6-19)27-20-12-22(30)26(37-16-18-7-10-36-15-18)13-24(20)33(2)29(35)21(27)14-31/h3-4,11-13,18-19H,5-10,15-16H2,1-2H3. The van der Waals surface area contributed by atoms with Gasteiger partial charge in [0.2, 0.25) is 0 Å². The number of pyridine rings is 1. The topological polar surface area (TPSA) is 93.5 Å². The van der Waals surface area contributed by atoms with Gasteiger partial charge < -0.3 is 23.4 Å². The monoisotopic (exact) mass is 532 g/mol. The fraction of sp³-hybridized carbons (Fsp3) is 0.414. The molecule has 2 aliphatic rings. The maximum Gasteiger partial charge on any atom is 0.270 e. The number of aromatic nitrogens is 2. The van der Waals surface area contributed by atoms with Crippen molar-refractivity contribution in [2.75, 3.05) is 37.8 Å². The highest BCUT2D eigenvalue weighted by molar-refractivity contribution is 6.33. The van der Waals surface area contributed by atoms with Gasteiger partial charge in [-0.1, -0.05) is 17.7 Å². The zero-order valence-electron chi connectivity index (χ0n) is 21.5. The van der Waals surface area contributed by atoms with E-state index in [0.29, 0.717) is 54.2 Å². The summed E-state index contributed by atoms with van der Waals surface area (Å²) in [6, 6.07) is 11.8. The number of halogens is 1. The first-order valence-corrected chi connectivity index (χ1v) is 13.4. The number of fused-ring (bicyclic) bond motifs is 2. The molecule has 0 saturated carbocycles. The van der Waals surface area contributed by atoms with Gasteiger partial charge in [-0.05, 0) is 49.9 Å². The van der Waals surface area contributed by atoms with Crippen molar-refractivity contribution in [2.45, 2.75) is 32.1 Å². The SMILES string of the molecule is Cc1ccc2oc(C3CCN(c4c(C#N)c(=O)n(C)c5cc(OCC6CCOC6)c(Cl)cc45)CC3)nc2c1. The average Bonchev–Trinajstić information content (AvgIpc) is 3.59. The molecule has 0 amide bonds. The van der Waals surface area contributed by atoms with Crippen molar-refractivity contribution in [1.29, 1.82) is 5.26 Å². The van der Waals surface area contributed by atoms with Crippen molar-refractivity contribution in [3.63, 3.8) is 0 Å². The molecule has 9 heteroatoms. The van der Waals surface area contributed by atoms with Crippen LogP contribution in [0.3, 0.4) is 0 Å². The highest BCUT2D eigenvalue weighted by atomic mass is 35.5. The Morgan fingerprint density at radius 3 is 2.76 bits per heavy atom. The maximum absolute atomic E-state index is 13.3. The van der Waals surface area contributed by atoms with E-state index in [2.05, 4.69) is 11.0 Å². The van der Waals surface area contributed by atoms with Gasteiger partial charge in [-0.25, -0.2) is 4.98 Å². The third-order valence-corrected chi connectivity index (χ3v) is 8.05. The number of piperidine rings is 1. The van der Waals surface area contributed by atoms with Crippen LogP contribution in [-0.2, 0) is 11.8 Å². The third kappa shape index (κ3) is 4.40. The molecule has 8 nitrogen and oxygen atoms in total. The molecule has 2 aromatic heterocycles. The van der Waals surface area contributed by atoms with Crippen LogP contribution in [0.4, 0.5) is 5.69 Å². The zero-order valence-corrected chi connectivity index (χ0v) is 22.3. The number of nitriles is 1. The van der Waals surface area contributed by atoms with Gasteiger partial charge in [0.1, 0.15) is 22.9 Å². The summed E-state index contributed by atoms with van der Waals surface area (Å²) in [5.41, 5.74) is 3.93. The number of ether oxygens (including phenoxy) is 2. The normalized spacial score (nSPS) is 18.4. The van der Waals surface area contributed by atoms with E-state index >= 15 is 0 Å². The Labute approximate surface area is 225 Å². The Morgan fingerprint density at radius 2 is 2.03 bits per heavy atom. The van der Waals surface area contributed by atoms with Crippen molar-refractivity contribution < 1.29 is 13.9 Å². The van der Waals surface area contributed by atoms with Crippen molar-refractivity contribution in [3.8, 4) is 11.8 Å². The molecule has 0 N–H and O–H groups in total. The smallest absolute Gasteiger partial charge is 0.270 e. The van der Waals surface area contributed by atoms with Crippen molar-refractivity contribution in [1.82, 2.24) is 9.55 Å². The molecule has 1 unspecified atom stereocenters. The van der Waals surface area contributed by atoms with E-state index in [0.717, 1.165) is 53.8 Å². The number of hydrogen-bond acceptors (Lipinski definition) is 7. The summed E-state index contributed by atoms with van der Waals surface area (Å²) in [7, 11) is 1.68. The van der Waals surface area contributed by atoms with E-state index in [1.807, 2.05) is 37.3 Å². The van der Waals surface area contributed by atoms with Crippen LogP contribution in [0.2, 0.25) is 5.02 Å². The predicted molar refractivity (Wildman–Crippen MR) is 146 cm³/mol. The fourth-order valence-corrected chi connectivity index (χ4v) is 5.78. The molecule has 2 saturated heterocycles. The number of anilines is 1. The van der Waals surface area contributed by atoms with E-state index in [1.54, 1.807) is 7.05 Å². The van der Waals surface area contributed by atoms with Crippen LogP contribution in [0, 0.1) is 24.2 Å². The third-order valence-electron chi connectivity index (χ3n) is 7.75. The molecule has 38 heavy (non-hydrogen) atoms. The van der Waals surface area contributed by atoms with Crippen molar-refractivity contribution >= 4 is 39.3 Å². The first kappa shape index (κ1) is 24.8. The molecule has 0 aliphatic carbocycles. The van der Waals surface area contributed by atoms with Crippen molar-refractivity contribution in [2.24, 2.45) is 13.0 Å². The summed E-state index contributed by atoms with van der Waals surface area (Å²) in [5.74, 6) is 1.78. The van der Waals surface area contributed by atoms with Gasteiger partial charge in [0, 0.05) is 50.0 Å². The molecule has 0 bridgehead atoms. The van der Waals surface area contributed by atoms with Crippen LogP contribution in [0.5, 0.6) is 5.75 Å². The lowest BCUT2D eigenvalue weighted by atomic mass is 9.95. The van der Waals surface area contributed by atoms with Crippen LogP contribution in [0.1, 0.15) is 42.2 Å². The molecule has 1 atom stereocenters. The lowest BCUT2D eigenvalue weighted by Crippen LogP contribution is -2.35. The Bertz CT molecular complexity index is 1620. The summed E-state index contributed by atoms with van der Waals surface area (Å²) in [4.78, 5) is 20.1. The molecular formula is C29H29ClN4O4. The number of rotatable bonds is 5. The number of benzene rings is 2. The van der Waals surface area contributed by atoms with Gasteiger partial charge in [0.05, 0.1) is 29.4 Å². The number of aryl methyl sites for hydroxylation is 2. The molecule has 0 radical (unpaired) electrons. The van der Waals surface area contributed by atoms with Gasteiger partial charge in [0.15, 0.2) is 11.5 Å². The molecule has 2 aliphatic heterocycles. The minimum atomic E-state index is -0.330. The number of hydrogen-bond donors (Lipinski definition) is 0. The summed E-state index contributed by atoms with van der Waals surface area (Å²) in [6.07, 6.45) is 2.55. The first-order chi connectivity index (χ1) is 18.4. The van der Waals surface area contributed by atoms with E-state index < -0.39 is 0 Å². The quantitative estimate of drug-likeness (QED) is 0.343. The minimum Gasteiger partial charge on any atom is -0.492 e. The van der Waals surface area contributed by atoms with Gasteiger partial charge in [-0.3, -0.25) is 4.79 Å². The number of oxazole rings is 1. The Morgan fingerprint density at radius 1 is 1.21 bits per heavy atom. The molecular weight excluding hydrogens is 504 g/mol. The molecule has 2 fully saturated rings. The van der Waals surface area contributed by atoms with Gasteiger partial charge in [-0.2, -0.15) is 5.26 Å². The van der Waals surface area contributed by atoms with E-state index in [1.165, 1.54) is 4.57 Å². The lowest BCUT2D eigenvalue weighted by molar-refractivity contribution is 0.167. The summed E-state index contributed by atoms with van der Waals surface area (Å²) >= 11 is 6.67. The molecule has 6 rings (SSSR count). The predicted octanol–water partition coefficient (Wildman–Crippen LogP) is 5.31. The second-order valence-electron chi connectivity index (χ2n) is 10.3. The van der Waals surface area contributed by atoms with Gasteiger partial charge in [-0.15, -0.1) is 0 Å². The van der Waals surface area contributed by atoms with E-state index in [4.69, 9.17) is 30.5 Å². The van der Waals surface area contributed by atoms with Gasteiger partial charge in [0.25, 0.3) is 5.56 Å². The minimum absolute atomic E-state index is 0.128. The first-order valence-electron chi connectivity index (χ1n) is 13.0. The van der Waals surface area contributed by atoms with Crippen LogP contribution >= 0.6 is 11.6 Å². The van der Waals surface area contributed by atoms with Crippen LogP contribution < -0.4 is 15.2 Å². The summed E-state index contributed by atoms with van der Waals surface area (Å²) in [5, 5.41) is 11.2. The fourth-order valence-electron chi connectivity index (χ4n) is 5.57. The Hall–Kier alpha value is -3.54. The zero-order chi connectivity index (χ0) is 26.4. The van der Waals surface area contributed by atoms with Crippen LogP contribution in [0.15, 0.2) is 39.5 Å². The van der Waals surface area contributed by atoms with Crippen LogP contribution in [0.25, 0.3) is 22.0 Å².